The first kappa shape index (κ1) is 14.9. The monoisotopic (exact) mass is 283 g/mol. The molecule has 0 unspecified atom stereocenters. The molecule has 2 aromatic carbocycles. The van der Waals surface area contributed by atoms with Gasteiger partial charge in [-0.3, -0.25) is 0 Å². The fourth-order valence-electron chi connectivity index (χ4n) is 1.95. The minimum atomic E-state index is 0.404. The van der Waals surface area contributed by atoms with Crippen molar-refractivity contribution in [3.8, 4) is 5.75 Å². The van der Waals surface area contributed by atoms with E-state index in [-0.39, 0.29) is 0 Å². The number of aryl methyl sites for hydroxylation is 2. The molecular weight excluding hydrogens is 262 g/mol. The Labute approximate surface area is 125 Å². The second kappa shape index (κ2) is 6.79. The lowest BCUT2D eigenvalue weighted by molar-refractivity contribution is 0.414. The summed E-state index contributed by atoms with van der Waals surface area (Å²) in [4.78, 5) is 4.34. The van der Waals surface area contributed by atoms with Gasteiger partial charge in [-0.15, -0.1) is 0 Å². The van der Waals surface area contributed by atoms with E-state index < -0.39 is 0 Å². The normalized spacial score (nSPS) is 11.3. The Kier molecular flexibility index (Phi) is 4.82. The summed E-state index contributed by atoms with van der Waals surface area (Å²) < 4.78 is 5.19. The molecule has 0 bridgehead atoms. The number of hydrogen-bond acceptors (Lipinski definition) is 2. The molecule has 2 rings (SSSR count). The number of anilines is 1. The van der Waals surface area contributed by atoms with Crippen molar-refractivity contribution in [3.05, 3.63) is 59.2 Å². The lowest BCUT2D eigenvalue weighted by atomic mass is 10.1. The number of benzene rings is 2. The molecule has 0 heterocycles. The highest BCUT2D eigenvalue weighted by Gasteiger charge is 1.99. The number of nitrogens with zero attached hydrogens (tertiary/aromatic N) is 1. The van der Waals surface area contributed by atoms with Gasteiger partial charge in [0.1, 0.15) is 5.75 Å². The van der Waals surface area contributed by atoms with Crippen LogP contribution in [0.25, 0.3) is 0 Å². The van der Waals surface area contributed by atoms with Crippen molar-refractivity contribution in [2.45, 2.75) is 20.4 Å². The maximum absolute atomic E-state index is 5.92. The van der Waals surface area contributed by atoms with Crippen molar-refractivity contribution in [1.29, 1.82) is 0 Å². The smallest absolute Gasteiger partial charge is 0.193 e. The van der Waals surface area contributed by atoms with E-state index >= 15 is 0 Å². The SMILES string of the molecule is COc1cccc(CN=C(N)Nc2ccc(C)c(C)c2)c1. The summed E-state index contributed by atoms with van der Waals surface area (Å²) in [6, 6.07) is 13.9. The average molecular weight is 283 g/mol. The van der Waals surface area contributed by atoms with Crippen molar-refractivity contribution in [1.82, 2.24) is 0 Å². The topological polar surface area (TPSA) is 59.6 Å². The Hall–Kier alpha value is -2.49. The van der Waals surface area contributed by atoms with Crippen LogP contribution in [-0.4, -0.2) is 13.1 Å². The summed E-state index contributed by atoms with van der Waals surface area (Å²) in [5.41, 5.74) is 10.4. The molecular formula is C17H21N3O. The first-order valence-corrected chi connectivity index (χ1v) is 6.85. The van der Waals surface area contributed by atoms with Gasteiger partial charge in [0.15, 0.2) is 5.96 Å². The maximum Gasteiger partial charge on any atom is 0.193 e. The van der Waals surface area contributed by atoms with Crippen LogP contribution in [0, 0.1) is 13.8 Å². The molecule has 4 nitrogen and oxygen atoms in total. The van der Waals surface area contributed by atoms with Gasteiger partial charge in [0.2, 0.25) is 0 Å². The highest BCUT2D eigenvalue weighted by Crippen LogP contribution is 2.15. The first-order valence-electron chi connectivity index (χ1n) is 6.85. The number of rotatable bonds is 4. The molecule has 0 atom stereocenters. The van der Waals surface area contributed by atoms with Crippen molar-refractivity contribution in [2.75, 3.05) is 12.4 Å². The fraction of sp³-hybridized carbons (Fsp3) is 0.235. The van der Waals surface area contributed by atoms with Crippen LogP contribution in [0.3, 0.4) is 0 Å². The van der Waals surface area contributed by atoms with Crippen molar-refractivity contribution >= 4 is 11.6 Å². The zero-order valence-electron chi connectivity index (χ0n) is 12.7. The van der Waals surface area contributed by atoms with Crippen LogP contribution in [0.4, 0.5) is 5.69 Å². The Morgan fingerprint density at radius 1 is 1.14 bits per heavy atom. The van der Waals surface area contributed by atoms with E-state index in [0.717, 1.165) is 17.0 Å². The van der Waals surface area contributed by atoms with Gasteiger partial charge >= 0.3 is 0 Å². The highest BCUT2D eigenvalue weighted by molar-refractivity contribution is 5.92. The zero-order valence-corrected chi connectivity index (χ0v) is 12.7. The van der Waals surface area contributed by atoms with Gasteiger partial charge in [0.25, 0.3) is 0 Å². The van der Waals surface area contributed by atoms with Crippen molar-refractivity contribution in [3.63, 3.8) is 0 Å². The second-order valence-electron chi connectivity index (χ2n) is 4.98. The summed E-state index contributed by atoms with van der Waals surface area (Å²) in [6.07, 6.45) is 0. The minimum absolute atomic E-state index is 0.404. The molecule has 0 radical (unpaired) electrons. The third-order valence-corrected chi connectivity index (χ3v) is 3.35. The maximum atomic E-state index is 5.92. The van der Waals surface area contributed by atoms with E-state index in [1.54, 1.807) is 7.11 Å². The molecule has 0 aliphatic carbocycles. The van der Waals surface area contributed by atoms with E-state index in [0.29, 0.717) is 12.5 Å². The predicted molar refractivity (Wildman–Crippen MR) is 87.9 cm³/mol. The van der Waals surface area contributed by atoms with Gasteiger partial charge in [-0.25, -0.2) is 4.99 Å². The van der Waals surface area contributed by atoms with E-state index in [9.17, 15) is 0 Å². The largest absolute Gasteiger partial charge is 0.497 e. The number of ether oxygens (including phenoxy) is 1. The third kappa shape index (κ3) is 4.24. The van der Waals surface area contributed by atoms with Gasteiger partial charge in [-0.05, 0) is 54.8 Å². The molecule has 0 saturated heterocycles. The van der Waals surface area contributed by atoms with E-state index in [2.05, 4.69) is 36.3 Å². The Morgan fingerprint density at radius 2 is 1.95 bits per heavy atom. The molecule has 0 spiro atoms. The number of guanidine groups is 1. The lowest BCUT2D eigenvalue weighted by Crippen LogP contribution is -2.22. The van der Waals surface area contributed by atoms with E-state index in [4.69, 9.17) is 10.5 Å². The van der Waals surface area contributed by atoms with Crippen LogP contribution in [-0.2, 0) is 6.54 Å². The standard InChI is InChI=1S/C17H21N3O/c1-12-7-8-15(9-13(12)2)20-17(18)19-11-14-5-4-6-16(10-14)21-3/h4-10H,11H2,1-3H3,(H3,18,19,20). The van der Waals surface area contributed by atoms with E-state index in [1.807, 2.05) is 30.3 Å². The van der Waals surface area contributed by atoms with Crippen LogP contribution < -0.4 is 15.8 Å². The van der Waals surface area contributed by atoms with Gasteiger partial charge in [0, 0.05) is 5.69 Å². The molecule has 0 saturated carbocycles. The van der Waals surface area contributed by atoms with E-state index in [1.165, 1.54) is 11.1 Å². The van der Waals surface area contributed by atoms with Crippen molar-refractivity contribution < 1.29 is 4.74 Å². The van der Waals surface area contributed by atoms with Crippen molar-refractivity contribution in [2.24, 2.45) is 10.7 Å². The summed E-state index contributed by atoms with van der Waals surface area (Å²) in [5.74, 6) is 1.23. The zero-order chi connectivity index (χ0) is 15.2. The summed E-state index contributed by atoms with van der Waals surface area (Å²) in [7, 11) is 1.65. The molecule has 110 valence electrons. The Morgan fingerprint density at radius 3 is 2.67 bits per heavy atom. The minimum Gasteiger partial charge on any atom is -0.497 e. The molecule has 0 amide bonds. The van der Waals surface area contributed by atoms with Crippen LogP contribution in [0.5, 0.6) is 5.75 Å². The van der Waals surface area contributed by atoms with Crippen LogP contribution >= 0.6 is 0 Å². The summed E-state index contributed by atoms with van der Waals surface area (Å²) >= 11 is 0. The van der Waals surface area contributed by atoms with Gasteiger partial charge in [-0.2, -0.15) is 0 Å². The summed E-state index contributed by atoms with van der Waals surface area (Å²) in [5, 5.41) is 3.11. The van der Waals surface area contributed by atoms with Gasteiger partial charge in [0.05, 0.1) is 13.7 Å². The second-order valence-corrected chi connectivity index (χ2v) is 4.98. The number of methoxy groups -OCH3 is 1. The molecule has 0 aliphatic heterocycles. The number of nitrogens with one attached hydrogen (secondary N) is 1. The molecule has 4 heteroatoms. The molecule has 0 aromatic heterocycles. The highest BCUT2D eigenvalue weighted by atomic mass is 16.5. The lowest BCUT2D eigenvalue weighted by Gasteiger charge is -2.08. The average Bonchev–Trinajstić information content (AvgIpc) is 2.49. The van der Waals surface area contributed by atoms with Gasteiger partial charge < -0.3 is 15.8 Å². The predicted octanol–water partition coefficient (Wildman–Crippen LogP) is 3.24. The van der Waals surface area contributed by atoms with Crippen LogP contribution in [0.15, 0.2) is 47.5 Å². The Balaban J connectivity index is 2.01. The molecule has 2 aromatic rings. The fourth-order valence-corrected chi connectivity index (χ4v) is 1.95. The number of aliphatic imine (C=N–C) groups is 1. The molecule has 21 heavy (non-hydrogen) atoms. The van der Waals surface area contributed by atoms with Crippen LogP contribution in [0.1, 0.15) is 16.7 Å². The van der Waals surface area contributed by atoms with Gasteiger partial charge in [-0.1, -0.05) is 18.2 Å². The third-order valence-electron chi connectivity index (χ3n) is 3.35. The number of nitrogens with two attached hydrogens (primary N) is 1. The van der Waals surface area contributed by atoms with Crippen LogP contribution in [0.2, 0.25) is 0 Å². The quantitative estimate of drug-likeness (QED) is 0.669. The first-order chi connectivity index (χ1) is 10.1. The molecule has 3 N–H and O–H groups in total. The molecule has 0 aliphatic rings. The number of hydrogen-bond donors (Lipinski definition) is 2. The molecule has 0 fully saturated rings. The Bertz CT molecular complexity index is 650. The summed E-state index contributed by atoms with van der Waals surface area (Å²) in [6.45, 7) is 4.67.